The fourth-order valence-electron chi connectivity index (χ4n) is 2.12. The Kier molecular flexibility index (Phi) is 5.01. The number of carbonyl (C=O) groups excluding carboxylic acids is 1. The molecule has 0 spiro atoms. The minimum atomic E-state index is -3.24. The van der Waals surface area contributed by atoms with Crippen molar-refractivity contribution in [1.82, 2.24) is 5.32 Å². The number of nitrogens with one attached hydrogen (secondary N) is 1. The molecule has 0 unspecified atom stereocenters. The van der Waals surface area contributed by atoms with Gasteiger partial charge in [0.05, 0.1) is 17.4 Å². The van der Waals surface area contributed by atoms with E-state index in [1.54, 1.807) is 20.8 Å². The molecule has 0 bridgehead atoms. The Balaban J connectivity index is 2.62. The second-order valence-corrected chi connectivity index (χ2v) is 8.22. The summed E-state index contributed by atoms with van der Waals surface area (Å²) in [7, 11) is -3.24. The van der Waals surface area contributed by atoms with E-state index in [9.17, 15) is 18.0 Å². The van der Waals surface area contributed by atoms with Crippen molar-refractivity contribution in [3.05, 3.63) is 0 Å². The fraction of sp³-hybridized carbons (Fsp3) is 0.833. The monoisotopic (exact) mass is 307 g/mol. The quantitative estimate of drug-likeness (QED) is 0.792. The van der Waals surface area contributed by atoms with Crippen LogP contribution in [0.2, 0.25) is 0 Å². The first-order valence-electron chi connectivity index (χ1n) is 6.40. The Hall–Kier alpha value is -1.31. The molecule has 0 saturated carbocycles. The number of rotatable bonds is 3. The van der Waals surface area contributed by atoms with E-state index in [2.05, 4.69) is 5.32 Å². The molecule has 1 aliphatic rings. The van der Waals surface area contributed by atoms with Gasteiger partial charge in [0.1, 0.15) is 5.60 Å². The number of alkyl carbamates (subject to hydrolysis) is 1. The largest absolute Gasteiger partial charge is 0.481 e. The number of aliphatic carboxylic acids is 1. The number of hydrogen-bond acceptors (Lipinski definition) is 5. The molecule has 0 aromatic carbocycles. The molecule has 2 N–H and O–H groups in total. The lowest BCUT2D eigenvalue weighted by Crippen LogP contribution is -2.44. The summed E-state index contributed by atoms with van der Waals surface area (Å²) >= 11 is 0. The first-order valence-corrected chi connectivity index (χ1v) is 8.22. The maximum absolute atomic E-state index is 11.6. The molecule has 0 aliphatic carbocycles. The van der Waals surface area contributed by atoms with E-state index in [-0.39, 0.29) is 24.5 Å². The average molecular weight is 307 g/mol. The van der Waals surface area contributed by atoms with Crippen LogP contribution in [0.15, 0.2) is 0 Å². The van der Waals surface area contributed by atoms with E-state index in [1.165, 1.54) is 0 Å². The summed E-state index contributed by atoms with van der Waals surface area (Å²) in [5, 5.41) is 11.5. The molecular formula is C12H21NO6S. The van der Waals surface area contributed by atoms with Gasteiger partial charge in [-0.25, -0.2) is 13.2 Å². The number of carboxylic acids is 1. The van der Waals surface area contributed by atoms with Crippen molar-refractivity contribution in [2.45, 2.75) is 32.8 Å². The molecule has 0 radical (unpaired) electrons. The highest BCUT2D eigenvalue weighted by atomic mass is 32.2. The van der Waals surface area contributed by atoms with Crippen LogP contribution in [-0.2, 0) is 19.4 Å². The highest BCUT2D eigenvalue weighted by Gasteiger charge is 2.37. The van der Waals surface area contributed by atoms with E-state index < -0.39 is 39.3 Å². The van der Waals surface area contributed by atoms with E-state index in [1.807, 2.05) is 0 Å². The predicted octanol–water partition coefficient (Wildman–Crippen LogP) is 0.647. The topological polar surface area (TPSA) is 110 Å². The van der Waals surface area contributed by atoms with Crippen LogP contribution in [0.25, 0.3) is 0 Å². The summed E-state index contributed by atoms with van der Waals surface area (Å²) in [6.45, 7) is 5.10. The van der Waals surface area contributed by atoms with E-state index in [0.717, 1.165) is 0 Å². The van der Waals surface area contributed by atoms with Crippen molar-refractivity contribution in [3.63, 3.8) is 0 Å². The lowest BCUT2D eigenvalue weighted by atomic mass is 9.91. The van der Waals surface area contributed by atoms with Crippen LogP contribution in [0.1, 0.15) is 27.2 Å². The van der Waals surface area contributed by atoms with Crippen molar-refractivity contribution in [2.75, 3.05) is 18.1 Å². The molecule has 1 fully saturated rings. The molecule has 1 rings (SSSR count). The first kappa shape index (κ1) is 16.7. The molecule has 0 aromatic heterocycles. The maximum Gasteiger partial charge on any atom is 0.407 e. The zero-order valence-electron chi connectivity index (χ0n) is 11.9. The van der Waals surface area contributed by atoms with Crippen LogP contribution in [0.4, 0.5) is 4.79 Å². The molecule has 1 heterocycles. The number of carboxylic acid groups (broad SMARTS) is 1. The van der Waals surface area contributed by atoms with Gasteiger partial charge in [-0.05, 0) is 27.2 Å². The van der Waals surface area contributed by atoms with Crippen LogP contribution < -0.4 is 5.32 Å². The zero-order chi connectivity index (χ0) is 15.6. The van der Waals surface area contributed by atoms with Gasteiger partial charge >= 0.3 is 12.1 Å². The second kappa shape index (κ2) is 5.99. The molecule has 1 amide bonds. The van der Waals surface area contributed by atoms with Crippen LogP contribution in [0.3, 0.4) is 0 Å². The molecule has 0 aromatic rings. The van der Waals surface area contributed by atoms with Gasteiger partial charge in [0, 0.05) is 12.5 Å². The van der Waals surface area contributed by atoms with Gasteiger partial charge in [0.2, 0.25) is 0 Å². The van der Waals surface area contributed by atoms with Crippen LogP contribution in [-0.4, -0.2) is 49.2 Å². The normalized spacial score (nSPS) is 25.8. The third-order valence-corrected chi connectivity index (χ3v) is 4.80. The predicted molar refractivity (Wildman–Crippen MR) is 72.1 cm³/mol. The van der Waals surface area contributed by atoms with Gasteiger partial charge < -0.3 is 15.2 Å². The Bertz CT molecular complexity index is 479. The lowest BCUT2D eigenvalue weighted by Gasteiger charge is -2.29. The van der Waals surface area contributed by atoms with Crippen molar-refractivity contribution < 1.29 is 27.9 Å². The van der Waals surface area contributed by atoms with Crippen molar-refractivity contribution in [1.29, 1.82) is 0 Å². The summed E-state index contributed by atoms with van der Waals surface area (Å²) in [6.07, 6.45) is -0.595. The van der Waals surface area contributed by atoms with Gasteiger partial charge in [-0.1, -0.05) is 0 Å². The minimum absolute atomic E-state index is 0.0227. The number of hydrogen-bond donors (Lipinski definition) is 2. The Labute approximate surface area is 118 Å². The molecule has 1 aliphatic heterocycles. The van der Waals surface area contributed by atoms with Gasteiger partial charge in [0.25, 0.3) is 0 Å². The number of ether oxygens (including phenoxy) is 1. The summed E-state index contributed by atoms with van der Waals surface area (Å²) in [6, 6.07) is 0. The van der Waals surface area contributed by atoms with Gasteiger partial charge in [-0.15, -0.1) is 0 Å². The second-order valence-electron chi connectivity index (χ2n) is 5.99. The van der Waals surface area contributed by atoms with E-state index in [0.29, 0.717) is 0 Å². The fourth-order valence-corrected chi connectivity index (χ4v) is 3.90. The average Bonchev–Trinajstić information content (AvgIpc) is 2.22. The Morgan fingerprint density at radius 1 is 1.35 bits per heavy atom. The highest BCUT2D eigenvalue weighted by molar-refractivity contribution is 7.91. The molecule has 116 valence electrons. The highest BCUT2D eigenvalue weighted by Crippen LogP contribution is 2.25. The summed E-state index contributed by atoms with van der Waals surface area (Å²) in [4.78, 5) is 22.6. The zero-order valence-corrected chi connectivity index (χ0v) is 12.7. The summed E-state index contributed by atoms with van der Waals surface area (Å²) in [5.41, 5.74) is -0.658. The molecule has 20 heavy (non-hydrogen) atoms. The first-order chi connectivity index (χ1) is 9.00. The van der Waals surface area contributed by atoms with Gasteiger partial charge in [-0.3, -0.25) is 4.79 Å². The smallest absolute Gasteiger partial charge is 0.407 e. The van der Waals surface area contributed by atoms with Crippen LogP contribution in [0, 0.1) is 11.8 Å². The number of carbonyl (C=O) groups is 2. The molecule has 7 nitrogen and oxygen atoms in total. The van der Waals surface area contributed by atoms with Crippen LogP contribution in [0.5, 0.6) is 0 Å². The maximum atomic E-state index is 11.6. The van der Waals surface area contributed by atoms with E-state index in [4.69, 9.17) is 9.84 Å². The number of amides is 1. The standard InChI is InChI=1S/C12H21NO6S/c1-12(2,3)19-11(16)13-6-8-7-20(17,18)5-4-9(8)10(14)15/h8-9H,4-7H2,1-3H3,(H,13,16)(H,14,15)/t8-,9-/m1/s1. The Morgan fingerprint density at radius 2 is 1.95 bits per heavy atom. The van der Waals surface area contributed by atoms with Crippen molar-refractivity contribution >= 4 is 21.9 Å². The van der Waals surface area contributed by atoms with Crippen molar-refractivity contribution in [3.8, 4) is 0 Å². The molecule has 8 heteroatoms. The van der Waals surface area contributed by atoms with E-state index >= 15 is 0 Å². The van der Waals surface area contributed by atoms with Crippen molar-refractivity contribution in [2.24, 2.45) is 11.8 Å². The molecule has 2 atom stereocenters. The molecular weight excluding hydrogens is 286 g/mol. The lowest BCUT2D eigenvalue weighted by molar-refractivity contribution is -0.143. The Morgan fingerprint density at radius 3 is 2.45 bits per heavy atom. The third kappa shape index (κ3) is 5.36. The van der Waals surface area contributed by atoms with Crippen LogP contribution >= 0.6 is 0 Å². The third-order valence-electron chi connectivity index (χ3n) is 3.00. The summed E-state index contributed by atoms with van der Waals surface area (Å²) in [5.74, 6) is -2.75. The van der Waals surface area contributed by atoms with Gasteiger partial charge in [0.15, 0.2) is 9.84 Å². The summed E-state index contributed by atoms with van der Waals surface area (Å²) < 4.78 is 28.2. The SMILES string of the molecule is CC(C)(C)OC(=O)NC[C@@H]1CS(=O)(=O)CC[C@H]1C(=O)O. The number of sulfone groups is 1. The van der Waals surface area contributed by atoms with Gasteiger partial charge in [-0.2, -0.15) is 0 Å². The molecule has 1 saturated heterocycles. The minimum Gasteiger partial charge on any atom is -0.481 e.